The maximum atomic E-state index is 11.9. The number of benzene rings is 2. The highest BCUT2D eigenvalue weighted by molar-refractivity contribution is 6.30. The molecule has 2 aromatic rings. The second-order valence-electron chi connectivity index (χ2n) is 4.75. The van der Waals surface area contributed by atoms with Crippen molar-refractivity contribution in [1.82, 2.24) is 0 Å². The molecule has 0 aliphatic rings. The molecule has 4 heteroatoms. The number of aryl methyl sites for hydroxylation is 1. The SMILES string of the molecule is Cc1ccc(OCC(=O)CC(=O)c2ccc(Cl)cc2)cc1. The van der Waals surface area contributed by atoms with Gasteiger partial charge in [0.25, 0.3) is 0 Å². The number of hydrogen-bond donors (Lipinski definition) is 0. The van der Waals surface area contributed by atoms with E-state index in [-0.39, 0.29) is 24.6 Å². The topological polar surface area (TPSA) is 43.4 Å². The van der Waals surface area contributed by atoms with E-state index < -0.39 is 0 Å². The van der Waals surface area contributed by atoms with Gasteiger partial charge in [0.05, 0.1) is 6.42 Å². The first-order valence-electron chi connectivity index (χ1n) is 6.54. The van der Waals surface area contributed by atoms with Crippen LogP contribution < -0.4 is 4.74 Å². The quantitative estimate of drug-likeness (QED) is 0.601. The van der Waals surface area contributed by atoms with Crippen LogP contribution in [0.1, 0.15) is 22.3 Å². The summed E-state index contributed by atoms with van der Waals surface area (Å²) in [6.45, 7) is 1.86. The zero-order valence-electron chi connectivity index (χ0n) is 11.6. The fraction of sp³-hybridized carbons (Fsp3) is 0.176. The van der Waals surface area contributed by atoms with Crippen LogP contribution in [-0.2, 0) is 4.79 Å². The van der Waals surface area contributed by atoms with Gasteiger partial charge in [-0.3, -0.25) is 9.59 Å². The molecule has 0 heterocycles. The predicted octanol–water partition coefficient (Wildman–Crippen LogP) is 3.87. The Bertz CT molecular complexity index is 630. The van der Waals surface area contributed by atoms with Crippen LogP contribution in [-0.4, -0.2) is 18.2 Å². The summed E-state index contributed by atoms with van der Waals surface area (Å²) < 4.78 is 5.36. The van der Waals surface area contributed by atoms with Gasteiger partial charge in [-0.25, -0.2) is 0 Å². The van der Waals surface area contributed by atoms with Crippen molar-refractivity contribution in [2.24, 2.45) is 0 Å². The van der Waals surface area contributed by atoms with Crippen molar-refractivity contribution in [3.05, 3.63) is 64.7 Å². The van der Waals surface area contributed by atoms with E-state index in [1.807, 2.05) is 19.1 Å². The van der Waals surface area contributed by atoms with E-state index in [0.29, 0.717) is 16.3 Å². The number of hydrogen-bond acceptors (Lipinski definition) is 3. The molecule has 108 valence electrons. The van der Waals surface area contributed by atoms with Gasteiger partial charge in [-0.1, -0.05) is 29.3 Å². The van der Waals surface area contributed by atoms with Crippen LogP contribution in [0.2, 0.25) is 5.02 Å². The Morgan fingerprint density at radius 2 is 1.62 bits per heavy atom. The third kappa shape index (κ3) is 4.72. The van der Waals surface area contributed by atoms with Gasteiger partial charge in [-0.05, 0) is 43.3 Å². The summed E-state index contributed by atoms with van der Waals surface area (Å²) in [6, 6.07) is 13.9. The molecular weight excluding hydrogens is 288 g/mol. The monoisotopic (exact) mass is 302 g/mol. The van der Waals surface area contributed by atoms with Crippen LogP contribution in [0.4, 0.5) is 0 Å². The number of ketones is 2. The first-order chi connectivity index (χ1) is 10.0. The van der Waals surface area contributed by atoms with Crippen LogP contribution >= 0.6 is 11.6 Å². The van der Waals surface area contributed by atoms with Crippen molar-refractivity contribution in [2.75, 3.05) is 6.61 Å². The summed E-state index contributed by atoms with van der Waals surface area (Å²) in [6.07, 6.45) is -0.173. The van der Waals surface area contributed by atoms with E-state index in [1.54, 1.807) is 36.4 Å². The molecule has 21 heavy (non-hydrogen) atoms. The van der Waals surface area contributed by atoms with Gasteiger partial charge in [0, 0.05) is 10.6 Å². The summed E-state index contributed by atoms with van der Waals surface area (Å²) in [7, 11) is 0. The van der Waals surface area contributed by atoms with Gasteiger partial charge in [-0.2, -0.15) is 0 Å². The molecule has 0 bridgehead atoms. The molecule has 0 unspecified atom stereocenters. The lowest BCUT2D eigenvalue weighted by Gasteiger charge is -2.05. The molecule has 0 amide bonds. The lowest BCUT2D eigenvalue weighted by atomic mass is 10.1. The Hall–Kier alpha value is -2.13. The molecule has 0 spiro atoms. The Balaban J connectivity index is 1.85. The van der Waals surface area contributed by atoms with Crippen molar-refractivity contribution >= 4 is 23.2 Å². The number of halogens is 1. The van der Waals surface area contributed by atoms with Gasteiger partial charge in [-0.15, -0.1) is 0 Å². The van der Waals surface area contributed by atoms with Crippen LogP contribution in [0.3, 0.4) is 0 Å². The fourth-order valence-corrected chi connectivity index (χ4v) is 1.89. The van der Waals surface area contributed by atoms with Crippen molar-refractivity contribution in [1.29, 1.82) is 0 Å². The van der Waals surface area contributed by atoms with Crippen LogP contribution in [0, 0.1) is 6.92 Å². The molecule has 0 saturated carbocycles. The van der Waals surface area contributed by atoms with E-state index >= 15 is 0 Å². The van der Waals surface area contributed by atoms with Crippen LogP contribution in [0.25, 0.3) is 0 Å². The van der Waals surface area contributed by atoms with Gasteiger partial charge in [0.2, 0.25) is 0 Å². The first kappa shape index (κ1) is 15.3. The van der Waals surface area contributed by atoms with E-state index in [1.165, 1.54) is 0 Å². The number of carbonyl (C=O) groups is 2. The molecule has 2 rings (SSSR count). The van der Waals surface area contributed by atoms with Crippen molar-refractivity contribution in [3.8, 4) is 5.75 Å². The molecule has 0 saturated heterocycles. The Labute approximate surface area is 128 Å². The highest BCUT2D eigenvalue weighted by Crippen LogP contribution is 2.13. The minimum absolute atomic E-state index is 0.109. The summed E-state index contributed by atoms with van der Waals surface area (Å²) >= 11 is 5.75. The molecular formula is C17H15ClO3. The Morgan fingerprint density at radius 1 is 1.00 bits per heavy atom. The highest BCUT2D eigenvalue weighted by Gasteiger charge is 2.12. The van der Waals surface area contributed by atoms with Crippen LogP contribution in [0.15, 0.2) is 48.5 Å². The third-order valence-corrected chi connectivity index (χ3v) is 3.20. The van der Waals surface area contributed by atoms with Crippen molar-refractivity contribution < 1.29 is 14.3 Å². The Kier molecular flexibility index (Phi) is 5.12. The van der Waals surface area contributed by atoms with E-state index in [0.717, 1.165) is 5.56 Å². The molecule has 0 N–H and O–H groups in total. The lowest BCUT2D eigenvalue weighted by molar-refractivity contribution is -0.120. The molecule has 3 nitrogen and oxygen atoms in total. The minimum atomic E-state index is -0.254. The zero-order valence-corrected chi connectivity index (χ0v) is 12.4. The van der Waals surface area contributed by atoms with Crippen LogP contribution in [0.5, 0.6) is 5.75 Å². The smallest absolute Gasteiger partial charge is 0.177 e. The van der Waals surface area contributed by atoms with Gasteiger partial charge in [0.15, 0.2) is 11.6 Å². The third-order valence-electron chi connectivity index (χ3n) is 2.94. The number of carbonyl (C=O) groups excluding carboxylic acids is 2. The maximum Gasteiger partial charge on any atom is 0.177 e. The zero-order chi connectivity index (χ0) is 15.2. The second kappa shape index (κ2) is 7.04. The average Bonchev–Trinajstić information content (AvgIpc) is 2.47. The van der Waals surface area contributed by atoms with E-state index in [9.17, 15) is 9.59 Å². The summed E-state index contributed by atoms with van der Waals surface area (Å²) in [5.74, 6) is 0.132. The highest BCUT2D eigenvalue weighted by atomic mass is 35.5. The first-order valence-corrected chi connectivity index (χ1v) is 6.92. The van der Waals surface area contributed by atoms with Crippen molar-refractivity contribution in [3.63, 3.8) is 0 Å². The second-order valence-corrected chi connectivity index (χ2v) is 5.18. The Morgan fingerprint density at radius 3 is 2.24 bits per heavy atom. The molecule has 0 aromatic heterocycles. The lowest BCUT2D eigenvalue weighted by Crippen LogP contribution is -2.15. The standard InChI is InChI=1S/C17H15ClO3/c1-12-2-8-16(9-3-12)21-11-15(19)10-17(20)13-4-6-14(18)7-5-13/h2-9H,10-11H2,1H3. The number of rotatable bonds is 6. The minimum Gasteiger partial charge on any atom is -0.486 e. The number of Topliss-reactive ketones (excluding diaryl/α,β-unsaturated/α-hetero) is 2. The van der Waals surface area contributed by atoms with E-state index in [2.05, 4.69) is 0 Å². The van der Waals surface area contributed by atoms with E-state index in [4.69, 9.17) is 16.3 Å². The average molecular weight is 303 g/mol. The van der Waals surface area contributed by atoms with Crippen molar-refractivity contribution in [2.45, 2.75) is 13.3 Å². The molecule has 0 radical (unpaired) electrons. The van der Waals surface area contributed by atoms with Gasteiger partial charge in [0.1, 0.15) is 12.4 Å². The maximum absolute atomic E-state index is 11.9. The number of ether oxygens (including phenoxy) is 1. The molecule has 0 aliphatic carbocycles. The molecule has 0 aliphatic heterocycles. The summed E-state index contributed by atoms with van der Waals surface area (Å²) in [5.41, 5.74) is 1.59. The molecule has 2 aromatic carbocycles. The fourth-order valence-electron chi connectivity index (χ4n) is 1.77. The molecule has 0 fully saturated rings. The van der Waals surface area contributed by atoms with Gasteiger partial charge < -0.3 is 4.74 Å². The predicted molar refractivity (Wildman–Crippen MR) is 82.1 cm³/mol. The summed E-state index contributed by atoms with van der Waals surface area (Å²) in [4.78, 5) is 23.7. The largest absolute Gasteiger partial charge is 0.486 e. The molecule has 0 atom stereocenters. The van der Waals surface area contributed by atoms with Gasteiger partial charge >= 0.3 is 0 Å². The normalized spacial score (nSPS) is 10.2. The summed E-state index contributed by atoms with van der Waals surface area (Å²) in [5, 5.41) is 0.556.